The number of methoxy groups -OCH3 is 2. The van der Waals surface area contributed by atoms with Gasteiger partial charge in [0.2, 0.25) is 0 Å². The molecule has 0 aliphatic heterocycles. The zero-order valence-corrected chi connectivity index (χ0v) is 17.2. The number of carbonyl (C=O) groups is 3. The van der Waals surface area contributed by atoms with Crippen molar-refractivity contribution in [3.63, 3.8) is 0 Å². The van der Waals surface area contributed by atoms with Crippen LogP contribution in [0.4, 0.5) is 0 Å². The van der Waals surface area contributed by atoms with Crippen LogP contribution in [-0.2, 0) is 4.79 Å². The molecule has 0 unspecified atom stereocenters. The topological polar surface area (TPSA) is 130 Å². The van der Waals surface area contributed by atoms with Crippen molar-refractivity contribution in [2.24, 2.45) is 0 Å². The van der Waals surface area contributed by atoms with Gasteiger partial charge in [-0.3, -0.25) is 4.79 Å². The van der Waals surface area contributed by atoms with Crippen LogP contribution in [-0.4, -0.2) is 47.4 Å². The fraction of sp³-hybridized carbons (Fsp3) is 0.150. The van der Waals surface area contributed by atoms with Crippen molar-refractivity contribution in [1.29, 1.82) is 0 Å². The molecule has 0 saturated carbocycles. The molecule has 8 nitrogen and oxygen atoms in total. The molecule has 30 heavy (non-hydrogen) atoms. The summed E-state index contributed by atoms with van der Waals surface area (Å²) in [5.74, 6) is -3.91. The SMILES string of the molecule is COc1c(Cl)cc(C(=CCC(=O)O)c2cc(Cl)c(OC)c(C(=O)O)c2)cc1C(=O)O. The maximum atomic E-state index is 11.6. The summed E-state index contributed by atoms with van der Waals surface area (Å²) in [6.07, 6.45) is 0.878. The molecule has 0 aromatic heterocycles. The molecule has 0 atom stereocenters. The van der Waals surface area contributed by atoms with E-state index in [1.165, 1.54) is 44.6 Å². The van der Waals surface area contributed by atoms with Gasteiger partial charge in [0.1, 0.15) is 11.1 Å². The van der Waals surface area contributed by atoms with Crippen molar-refractivity contribution in [2.75, 3.05) is 14.2 Å². The minimum atomic E-state index is -1.31. The lowest BCUT2D eigenvalue weighted by Crippen LogP contribution is -2.05. The van der Waals surface area contributed by atoms with Gasteiger partial charge in [0, 0.05) is 0 Å². The second-order valence-corrected chi connectivity index (χ2v) is 6.72. The fourth-order valence-electron chi connectivity index (χ4n) is 2.82. The summed E-state index contributed by atoms with van der Waals surface area (Å²) in [5.41, 5.74) is 0.184. The Morgan fingerprint density at radius 3 is 1.53 bits per heavy atom. The van der Waals surface area contributed by atoms with Gasteiger partial charge < -0.3 is 24.8 Å². The standard InChI is InChI=1S/C20H16Cl2O8/c1-29-17-12(19(25)26)5-9(7-14(17)21)11(3-4-16(23)24)10-6-13(20(27)28)18(30-2)15(22)8-10/h3,5-8H,4H2,1-2H3,(H,23,24)(H,25,26)(H,27,28). The zero-order chi connectivity index (χ0) is 22.6. The molecule has 0 fully saturated rings. The van der Waals surface area contributed by atoms with E-state index in [-0.39, 0.29) is 49.4 Å². The van der Waals surface area contributed by atoms with E-state index >= 15 is 0 Å². The molecule has 0 heterocycles. The Hall–Kier alpha value is -3.23. The molecular formula is C20H16Cl2O8. The molecule has 2 aromatic carbocycles. The van der Waals surface area contributed by atoms with Crippen molar-refractivity contribution in [2.45, 2.75) is 6.42 Å². The Bertz CT molecular complexity index is 986. The third kappa shape index (κ3) is 4.84. The average Bonchev–Trinajstić information content (AvgIpc) is 2.66. The summed E-state index contributed by atoms with van der Waals surface area (Å²) in [4.78, 5) is 34.4. The van der Waals surface area contributed by atoms with Crippen molar-refractivity contribution < 1.29 is 39.2 Å². The van der Waals surface area contributed by atoms with E-state index in [0.717, 1.165) is 0 Å². The zero-order valence-electron chi connectivity index (χ0n) is 15.7. The minimum Gasteiger partial charge on any atom is -0.494 e. The van der Waals surface area contributed by atoms with Gasteiger partial charge in [-0.05, 0) is 41.0 Å². The molecule has 0 amide bonds. The first-order valence-electron chi connectivity index (χ1n) is 8.25. The Morgan fingerprint density at radius 2 is 1.23 bits per heavy atom. The van der Waals surface area contributed by atoms with Crippen molar-refractivity contribution in [3.05, 3.63) is 62.6 Å². The van der Waals surface area contributed by atoms with E-state index in [1.54, 1.807) is 0 Å². The number of rotatable bonds is 8. The van der Waals surface area contributed by atoms with Gasteiger partial charge in [0.05, 0.1) is 30.7 Å². The molecule has 2 rings (SSSR count). The molecular weight excluding hydrogens is 439 g/mol. The second kappa shape index (κ2) is 9.51. The molecule has 0 aliphatic carbocycles. The largest absolute Gasteiger partial charge is 0.494 e. The van der Waals surface area contributed by atoms with Crippen LogP contribution >= 0.6 is 23.2 Å². The first kappa shape index (κ1) is 23.1. The normalized spacial score (nSPS) is 10.3. The number of halogens is 2. The van der Waals surface area contributed by atoms with E-state index in [4.69, 9.17) is 37.8 Å². The van der Waals surface area contributed by atoms with E-state index in [9.17, 15) is 24.6 Å². The summed E-state index contributed by atoms with van der Waals surface area (Å²) >= 11 is 12.3. The number of hydrogen-bond donors (Lipinski definition) is 3. The van der Waals surface area contributed by atoms with Crippen LogP contribution in [0.25, 0.3) is 5.57 Å². The highest BCUT2D eigenvalue weighted by atomic mass is 35.5. The Labute approximate surface area is 180 Å². The van der Waals surface area contributed by atoms with Gasteiger partial charge in [-0.2, -0.15) is 0 Å². The lowest BCUT2D eigenvalue weighted by atomic mass is 9.93. The number of aromatic carboxylic acids is 2. The second-order valence-electron chi connectivity index (χ2n) is 5.90. The molecule has 0 spiro atoms. The van der Waals surface area contributed by atoms with Crippen LogP contribution in [0.1, 0.15) is 38.3 Å². The van der Waals surface area contributed by atoms with Crippen LogP contribution in [0.5, 0.6) is 11.5 Å². The fourth-order valence-corrected chi connectivity index (χ4v) is 3.42. The van der Waals surface area contributed by atoms with Gasteiger partial charge in [0.25, 0.3) is 0 Å². The third-order valence-electron chi connectivity index (χ3n) is 4.06. The summed E-state index contributed by atoms with van der Waals surface area (Å²) < 4.78 is 10.1. The summed E-state index contributed by atoms with van der Waals surface area (Å²) in [5, 5.41) is 28.0. The number of carboxylic acids is 3. The van der Waals surface area contributed by atoms with Gasteiger partial charge >= 0.3 is 17.9 Å². The van der Waals surface area contributed by atoms with Crippen LogP contribution in [0, 0.1) is 0 Å². The van der Waals surface area contributed by atoms with Gasteiger partial charge in [-0.1, -0.05) is 29.3 Å². The molecule has 10 heteroatoms. The van der Waals surface area contributed by atoms with E-state index in [1.807, 2.05) is 0 Å². The number of ether oxygens (including phenoxy) is 2. The predicted molar refractivity (Wildman–Crippen MR) is 109 cm³/mol. The number of hydrogen-bond acceptors (Lipinski definition) is 5. The monoisotopic (exact) mass is 454 g/mol. The van der Waals surface area contributed by atoms with Crippen LogP contribution in [0.3, 0.4) is 0 Å². The molecule has 0 radical (unpaired) electrons. The molecule has 158 valence electrons. The van der Waals surface area contributed by atoms with Gasteiger partial charge in [0.15, 0.2) is 11.5 Å². The molecule has 2 aromatic rings. The van der Waals surface area contributed by atoms with Crippen LogP contribution in [0.15, 0.2) is 30.3 Å². The van der Waals surface area contributed by atoms with Gasteiger partial charge in [-0.25, -0.2) is 9.59 Å². The maximum Gasteiger partial charge on any atom is 0.339 e. The number of benzene rings is 2. The van der Waals surface area contributed by atoms with Crippen LogP contribution < -0.4 is 9.47 Å². The first-order chi connectivity index (χ1) is 14.1. The lowest BCUT2D eigenvalue weighted by molar-refractivity contribution is -0.136. The Balaban J connectivity index is 2.82. The quantitative estimate of drug-likeness (QED) is 0.537. The Morgan fingerprint density at radius 1 is 0.833 bits per heavy atom. The summed E-state index contributed by atoms with van der Waals surface area (Å²) in [6, 6.07) is 5.27. The summed E-state index contributed by atoms with van der Waals surface area (Å²) in [6.45, 7) is 0. The van der Waals surface area contributed by atoms with Crippen molar-refractivity contribution in [3.8, 4) is 11.5 Å². The Kier molecular flexibility index (Phi) is 7.31. The van der Waals surface area contributed by atoms with E-state index in [0.29, 0.717) is 0 Å². The molecule has 0 bridgehead atoms. The van der Waals surface area contributed by atoms with Crippen molar-refractivity contribution in [1.82, 2.24) is 0 Å². The molecule has 0 saturated heterocycles. The highest BCUT2D eigenvalue weighted by Crippen LogP contribution is 2.38. The molecule has 0 aliphatic rings. The highest BCUT2D eigenvalue weighted by Gasteiger charge is 2.21. The highest BCUT2D eigenvalue weighted by molar-refractivity contribution is 6.33. The predicted octanol–water partition coefficient (Wildman–Crippen LogP) is 4.31. The van der Waals surface area contributed by atoms with Crippen LogP contribution in [0.2, 0.25) is 10.0 Å². The summed E-state index contributed by atoms with van der Waals surface area (Å²) in [7, 11) is 2.52. The van der Waals surface area contributed by atoms with Crippen molar-refractivity contribution >= 4 is 46.7 Å². The maximum absolute atomic E-state index is 11.6. The first-order valence-corrected chi connectivity index (χ1v) is 9.00. The third-order valence-corrected chi connectivity index (χ3v) is 4.62. The van der Waals surface area contributed by atoms with E-state index < -0.39 is 24.3 Å². The molecule has 3 N–H and O–H groups in total. The number of carboxylic acid groups (broad SMARTS) is 3. The average molecular weight is 455 g/mol. The minimum absolute atomic E-state index is 0.0216. The lowest BCUT2D eigenvalue weighted by Gasteiger charge is -2.16. The van der Waals surface area contributed by atoms with E-state index in [2.05, 4.69) is 0 Å². The smallest absolute Gasteiger partial charge is 0.339 e. The van der Waals surface area contributed by atoms with Gasteiger partial charge in [-0.15, -0.1) is 0 Å². The number of aliphatic carboxylic acids is 1.